The SMILES string of the molecule is CCOC(=O)c1c[nH]c(C#N)c1. The zero-order chi connectivity index (χ0) is 8.97. The first kappa shape index (κ1) is 8.34. The van der Waals surface area contributed by atoms with Gasteiger partial charge >= 0.3 is 5.97 Å². The number of H-pyrrole nitrogens is 1. The van der Waals surface area contributed by atoms with Crippen molar-refractivity contribution in [2.75, 3.05) is 6.61 Å². The first-order valence-corrected chi connectivity index (χ1v) is 3.53. The molecule has 0 aliphatic rings. The van der Waals surface area contributed by atoms with Crippen LogP contribution >= 0.6 is 0 Å². The van der Waals surface area contributed by atoms with Crippen LogP contribution in [-0.2, 0) is 4.74 Å². The fraction of sp³-hybridized carbons (Fsp3) is 0.250. The van der Waals surface area contributed by atoms with E-state index in [1.54, 1.807) is 6.92 Å². The van der Waals surface area contributed by atoms with Crippen molar-refractivity contribution in [3.63, 3.8) is 0 Å². The molecule has 0 bridgehead atoms. The molecule has 1 aromatic heterocycles. The van der Waals surface area contributed by atoms with Crippen LogP contribution in [0.3, 0.4) is 0 Å². The Balaban J connectivity index is 2.76. The highest BCUT2D eigenvalue weighted by atomic mass is 16.5. The maximum Gasteiger partial charge on any atom is 0.339 e. The molecule has 62 valence electrons. The van der Waals surface area contributed by atoms with Crippen LogP contribution in [0.2, 0.25) is 0 Å². The van der Waals surface area contributed by atoms with Gasteiger partial charge in [0.05, 0.1) is 12.2 Å². The molecule has 0 aromatic carbocycles. The van der Waals surface area contributed by atoms with E-state index in [0.717, 1.165) is 0 Å². The van der Waals surface area contributed by atoms with Crippen LogP contribution < -0.4 is 0 Å². The number of aromatic amines is 1. The summed E-state index contributed by atoms with van der Waals surface area (Å²) in [4.78, 5) is 13.7. The number of rotatable bonds is 2. The predicted molar refractivity (Wildman–Crippen MR) is 41.5 cm³/mol. The summed E-state index contributed by atoms with van der Waals surface area (Å²) < 4.78 is 4.72. The first-order valence-electron chi connectivity index (χ1n) is 3.53. The van der Waals surface area contributed by atoms with Crippen LogP contribution in [0.25, 0.3) is 0 Å². The van der Waals surface area contributed by atoms with Gasteiger partial charge in [-0.2, -0.15) is 5.26 Å². The third-order valence-corrected chi connectivity index (χ3v) is 1.31. The zero-order valence-electron chi connectivity index (χ0n) is 6.63. The minimum absolute atomic E-state index is 0.339. The van der Waals surface area contributed by atoms with Gasteiger partial charge in [-0.1, -0.05) is 0 Å². The third kappa shape index (κ3) is 1.64. The summed E-state index contributed by atoms with van der Waals surface area (Å²) in [6.45, 7) is 2.07. The molecule has 0 atom stereocenters. The number of hydrogen-bond donors (Lipinski definition) is 1. The largest absolute Gasteiger partial charge is 0.462 e. The van der Waals surface area contributed by atoms with Crippen molar-refractivity contribution in [3.8, 4) is 6.07 Å². The standard InChI is InChI=1S/C8H8N2O2/c1-2-12-8(11)6-3-7(4-9)10-5-6/h3,5,10H,2H2,1H3. The van der Waals surface area contributed by atoms with E-state index in [9.17, 15) is 4.79 Å². The molecule has 0 radical (unpaired) electrons. The smallest absolute Gasteiger partial charge is 0.339 e. The van der Waals surface area contributed by atoms with Crippen molar-refractivity contribution >= 4 is 5.97 Å². The van der Waals surface area contributed by atoms with Crippen LogP contribution in [0.1, 0.15) is 23.0 Å². The zero-order valence-corrected chi connectivity index (χ0v) is 6.63. The van der Waals surface area contributed by atoms with Gasteiger partial charge in [-0.15, -0.1) is 0 Å². The molecular weight excluding hydrogens is 156 g/mol. The van der Waals surface area contributed by atoms with E-state index < -0.39 is 5.97 Å². The second-order valence-corrected chi connectivity index (χ2v) is 2.13. The molecule has 0 spiro atoms. The second-order valence-electron chi connectivity index (χ2n) is 2.13. The summed E-state index contributed by atoms with van der Waals surface area (Å²) >= 11 is 0. The summed E-state index contributed by atoms with van der Waals surface area (Å²) in [5, 5.41) is 8.43. The van der Waals surface area contributed by atoms with Gasteiger partial charge in [0.1, 0.15) is 11.8 Å². The molecule has 0 fully saturated rings. The Labute approximate surface area is 69.8 Å². The molecule has 0 aliphatic heterocycles. The molecule has 12 heavy (non-hydrogen) atoms. The maximum atomic E-state index is 11.0. The van der Waals surface area contributed by atoms with Crippen molar-refractivity contribution in [3.05, 3.63) is 23.5 Å². The van der Waals surface area contributed by atoms with Gasteiger partial charge in [0.25, 0.3) is 0 Å². The number of hydrogen-bond acceptors (Lipinski definition) is 3. The minimum atomic E-state index is -0.407. The fourth-order valence-corrected chi connectivity index (χ4v) is 0.791. The Hall–Kier alpha value is -1.76. The van der Waals surface area contributed by atoms with Crippen molar-refractivity contribution in [2.24, 2.45) is 0 Å². The lowest BCUT2D eigenvalue weighted by Crippen LogP contribution is -2.02. The fourth-order valence-electron chi connectivity index (χ4n) is 0.791. The number of nitrogens with zero attached hydrogens (tertiary/aromatic N) is 1. The minimum Gasteiger partial charge on any atom is -0.462 e. The van der Waals surface area contributed by atoms with E-state index in [1.165, 1.54) is 12.3 Å². The van der Waals surface area contributed by atoms with Crippen LogP contribution in [0.4, 0.5) is 0 Å². The Morgan fingerprint density at radius 2 is 2.58 bits per heavy atom. The highest BCUT2D eigenvalue weighted by Gasteiger charge is 2.07. The monoisotopic (exact) mass is 164 g/mol. The quantitative estimate of drug-likeness (QED) is 0.664. The van der Waals surface area contributed by atoms with Gasteiger partial charge in [0, 0.05) is 6.20 Å². The number of esters is 1. The van der Waals surface area contributed by atoms with Crippen LogP contribution in [-0.4, -0.2) is 17.6 Å². The molecule has 4 nitrogen and oxygen atoms in total. The number of carbonyl (C=O) groups excluding carboxylic acids is 1. The lowest BCUT2D eigenvalue weighted by atomic mass is 10.3. The lowest BCUT2D eigenvalue weighted by molar-refractivity contribution is 0.0526. The number of nitriles is 1. The highest BCUT2D eigenvalue weighted by molar-refractivity contribution is 5.89. The van der Waals surface area contributed by atoms with E-state index in [0.29, 0.717) is 17.9 Å². The number of nitrogens with one attached hydrogen (secondary N) is 1. The number of ether oxygens (including phenoxy) is 1. The summed E-state index contributed by atoms with van der Waals surface area (Å²) in [5.41, 5.74) is 0.742. The molecule has 0 saturated carbocycles. The third-order valence-electron chi connectivity index (χ3n) is 1.31. The molecule has 4 heteroatoms. The molecular formula is C8H8N2O2. The van der Waals surface area contributed by atoms with E-state index in [4.69, 9.17) is 10.00 Å². The normalized spacial score (nSPS) is 9.00. The van der Waals surface area contributed by atoms with E-state index >= 15 is 0 Å². The number of aromatic nitrogens is 1. The Morgan fingerprint density at radius 3 is 3.08 bits per heavy atom. The van der Waals surface area contributed by atoms with E-state index in [2.05, 4.69) is 4.98 Å². The molecule has 1 N–H and O–H groups in total. The Morgan fingerprint density at radius 1 is 1.83 bits per heavy atom. The molecule has 1 aromatic rings. The molecule has 1 heterocycles. The maximum absolute atomic E-state index is 11.0. The van der Waals surface area contributed by atoms with Crippen LogP contribution in [0.15, 0.2) is 12.3 Å². The number of carbonyl (C=O) groups is 1. The Bertz CT molecular complexity index is 322. The van der Waals surface area contributed by atoms with Crippen molar-refractivity contribution in [1.29, 1.82) is 5.26 Å². The van der Waals surface area contributed by atoms with Gasteiger partial charge in [0.2, 0.25) is 0 Å². The predicted octanol–water partition coefficient (Wildman–Crippen LogP) is 1.06. The van der Waals surface area contributed by atoms with Gasteiger partial charge in [-0.3, -0.25) is 0 Å². The van der Waals surface area contributed by atoms with E-state index in [-0.39, 0.29) is 0 Å². The topological polar surface area (TPSA) is 65.9 Å². The van der Waals surface area contributed by atoms with Crippen molar-refractivity contribution in [1.82, 2.24) is 4.98 Å². The molecule has 0 aliphatic carbocycles. The average molecular weight is 164 g/mol. The second kappa shape index (κ2) is 3.58. The lowest BCUT2D eigenvalue weighted by Gasteiger charge is -1.95. The molecule has 1 rings (SSSR count). The summed E-state index contributed by atoms with van der Waals surface area (Å²) in [6, 6.07) is 3.34. The Kier molecular flexibility index (Phi) is 2.49. The van der Waals surface area contributed by atoms with Gasteiger partial charge in [0.15, 0.2) is 0 Å². The van der Waals surface area contributed by atoms with Crippen LogP contribution in [0.5, 0.6) is 0 Å². The summed E-state index contributed by atoms with van der Waals surface area (Å²) in [7, 11) is 0. The van der Waals surface area contributed by atoms with E-state index in [1.807, 2.05) is 6.07 Å². The van der Waals surface area contributed by atoms with Gasteiger partial charge in [-0.25, -0.2) is 4.79 Å². The van der Waals surface area contributed by atoms with Crippen LogP contribution in [0, 0.1) is 11.3 Å². The van der Waals surface area contributed by atoms with Gasteiger partial charge < -0.3 is 9.72 Å². The van der Waals surface area contributed by atoms with Crippen molar-refractivity contribution < 1.29 is 9.53 Å². The first-order chi connectivity index (χ1) is 5.77. The molecule has 0 amide bonds. The van der Waals surface area contributed by atoms with Crippen molar-refractivity contribution in [2.45, 2.75) is 6.92 Å². The summed E-state index contributed by atoms with van der Waals surface area (Å²) in [6.07, 6.45) is 1.45. The average Bonchev–Trinajstić information content (AvgIpc) is 2.52. The highest BCUT2D eigenvalue weighted by Crippen LogP contribution is 2.03. The molecule has 0 saturated heterocycles. The van der Waals surface area contributed by atoms with Gasteiger partial charge in [-0.05, 0) is 13.0 Å². The molecule has 0 unspecified atom stereocenters. The summed E-state index contributed by atoms with van der Waals surface area (Å²) in [5.74, 6) is -0.407.